The van der Waals surface area contributed by atoms with Crippen molar-refractivity contribution >= 4 is 0 Å². The maximum atomic E-state index is 5.24. The summed E-state index contributed by atoms with van der Waals surface area (Å²) in [5.74, 6) is 0. The van der Waals surface area contributed by atoms with E-state index >= 15 is 0 Å². The SMILES string of the molecule is COCCN(Cc1ccccc1CNC(C)C)C1CC1. The second-order valence-corrected chi connectivity index (χ2v) is 6.00. The highest BCUT2D eigenvalue weighted by Gasteiger charge is 2.28. The molecule has 0 aromatic heterocycles. The molecule has 0 saturated heterocycles. The van der Waals surface area contributed by atoms with Gasteiger partial charge in [0.2, 0.25) is 0 Å². The molecule has 0 atom stereocenters. The zero-order valence-corrected chi connectivity index (χ0v) is 13.1. The molecule has 112 valence electrons. The Labute approximate surface area is 123 Å². The predicted octanol–water partition coefficient (Wildman–Crippen LogP) is 2.80. The van der Waals surface area contributed by atoms with Crippen LogP contribution in [0.2, 0.25) is 0 Å². The van der Waals surface area contributed by atoms with Gasteiger partial charge in [-0.1, -0.05) is 38.1 Å². The Morgan fingerprint density at radius 3 is 2.55 bits per heavy atom. The molecular formula is C17H28N2O. The van der Waals surface area contributed by atoms with Gasteiger partial charge in [-0.2, -0.15) is 0 Å². The maximum Gasteiger partial charge on any atom is 0.0589 e. The van der Waals surface area contributed by atoms with Crippen LogP contribution in [0.3, 0.4) is 0 Å². The van der Waals surface area contributed by atoms with Crippen LogP contribution >= 0.6 is 0 Å². The smallest absolute Gasteiger partial charge is 0.0589 e. The van der Waals surface area contributed by atoms with Gasteiger partial charge < -0.3 is 10.1 Å². The summed E-state index contributed by atoms with van der Waals surface area (Å²) in [4.78, 5) is 2.57. The normalized spacial score (nSPS) is 15.2. The Kier molecular flexibility index (Phi) is 6.02. The van der Waals surface area contributed by atoms with Crippen LogP contribution in [0.5, 0.6) is 0 Å². The minimum absolute atomic E-state index is 0.524. The fourth-order valence-corrected chi connectivity index (χ4v) is 2.46. The zero-order chi connectivity index (χ0) is 14.4. The quantitative estimate of drug-likeness (QED) is 0.750. The first-order valence-corrected chi connectivity index (χ1v) is 7.74. The van der Waals surface area contributed by atoms with E-state index in [2.05, 4.69) is 48.3 Å². The molecule has 2 rings (SSSR count). The zero-order valence-electron chi connectivity index (χ0n) is 13.1. The molecule has 1 N–H and O–H groups in total. The number of ether oxygens (including phenoxy) is 1. The summed E-state index contributed by atoms with van der Waals surface area (Å²) in [5.41, 5.74) is 2.87. The molecule has 1 aromatic rings. The van der Waals surface area contributed by atoms with Gasteiger partial charge in [-0.3, -0.25) is 4.90 Å². The van der Waals surface area contributed by atoms with E-state index in [-0.39, 0.29) is 0 Å². The number of benzene rings is 1. The number of methoxy groups -OCH3 is 1. The third-order valence-electron chi connectivity index (χ3n) is 3.84. The lowest BCUT2D eigenvalue weighted by Crippen LogP contribution is -2.30. The van der Waals surface area contributed by atoms with Crippen molar-refractivity contribution < 1.29 is 4.74 Å². The van der Waals surface area contributed by atoms with Crippen LogP contribution in [0.25, 0.3) is 0 Å². The third-order valence-corrected chi connectivity index (χ3v) is 3.84. The molecule has 0 aliphatic heterocycles. The fraction of sp³-hybridized carbons (Fsp3) is 0.647. The Hall–Kier alpha value is -0.900. The topological polar surface area (TPSA) is 24.5 Å². The monoisotopic (exact) mass is 276 g/mol. The maximum absolute atomic E-state index is 5.24. The molecule has 1 aliphatic carbocycles. The van der Waals surface area contributed by atoms with Crippen LogP contribution in [0.15, 0.2) is 24.3 Å². The summed E-state index contributed by atoms with van der Waals surface area (Å²) in [5, 5.41) is 3.52. The van der Waals surface area contributed by atoms with E-state index in [0.29, 0.717) is 6.04 Å². The minimum atomic E-state index is 0.524. The Morgan fingerprint density at radius 2 is 1.95 bits per heavy atom. The van der Waals surface area contributed by atoms with Gasteiger partial charge in [-0.05, 0) is 24.0 Å². The van der Waals surface area contributed by atoms with Crippen LogP contribution in [-0.2, 0) is 17.8 Å². The average Bonchev–Trinajstić information content (AvgIpc) is 3.26. The summed E-state index contributed by atoms with van der Waals surface area (Å²) in [6.45, 7) is 8.24. The van der Waals surface area contributed by atoms with Gasteiger partial charge in [0.05, 0.1) is 6.61 Å². The first-order chi connectivity index (χ1) is 9.70. The van der Waals surface area contributed by atoms with E-state index in [0.717, 1.165) is 32.3 Å². The first-order valence-electron chi connectivity index (χ1n) is 7.74. The van der Waals surface area contributed by atoms with Gasteiger partial charge in [-0.25, -0.2) is 0 Å². The number of hydrogen-bond acceptors (Lipinski definition) is 3. The van der Waals surface area contributed by atoms with Crippen molar-refractivity contribution in [1.82, 2.24) is 10.2 Å². The van der Waals surface area contributed by atoms with E-state index in [1.54, 1.807) is 7.11 Å². The van der Waals surface area contributed by atoms with Crippen molar-refractivity contribution in [2.75, 3.05) is 20.3 Å². The molecule has 0 amide bonds. The van der Waals surface area contributed by atoms with Crippen LogP contribution in [0, 0.1) is 0 Å². The van der Waals surface area contributed by atoms with E-state index in [4.69, 9.17) is 4.74 Å². The molecule has 1 saturated carbocycles. The van der Waals surface area contributed by atoms with E-state index in [1.807, 2.05) is 0 Å². The van der Waals surface area contributed by atoms with Crippen molar-refractivity contribution in [1.29, 1.82) is 0 Å². The second-order valence-electron chi connectivity index (χ2n) is 6.00. The molecule has 1 aliphatic rings. The molecule has 20 heavy (non-hydrogen) atoms. The van der Waals surface area contributed by atoms with E-state index in [9.17, 15) is 0 Å². The molecule has 3 heteroatoms. The minimum Gasteiger partial charge on any atom is -0.383 e. The molecule has 0 heterocycles. The summed E-state index contributed by atoms with van der Waals surface area (Å²) in [6, 6.07) is 10.1. The standard InChI is InChI=1S/C17H28N2O/c1-14(2)18-12-15-6-4-5-7-16(15)13-19(10-11-20-3)17-8-9-17/h4-7,14,17-18H,8-13H2,1-3H3. The largest absolute Gasteiger partial charge is 0.383 e. The second kappa shape index (κ2) is 7.77. The summed E-state index contributed by atoms with van der Waals surface area (Å²) >= 11 is 0. The molecular weight excluding hydrogens is 248 g/mol. The van der Waals surface area contributed by atoms with Gasteiger partial charge in [0.25, 0.3) is 0 Å². The number of nitrogens with zero attached hydrogens (tertiary/aromatic N) is 1. The van der Waals surface area contributed by atoms with Crippen LogP contribution in [-0.4, -0.2) is 37.2 Å². The lowest BCUT2D eigenvalue weighted by atomic mass is 10.1. The lowest BCUT2D eigenvalue weighted by molar-refractivity contribution is 0.139. The van der Waals surface area contributed by atoms with Crippen molar-refractivity contribution in [3.05, 3.63) is 35.4 Å². The molecule has 0 bridgehead atoms. The van der Waals surface area contributed by atoms with Crippen LogP contribution < -0.4 is 5.32 Å². The van der Waals surface area contributed by atoms with Crippen molar-refractivity contribution in [2.45, 2.75) is 51.9 Å². The number of nitrogens with one attached hydrogen (secondary N) is 1. The Balaban J connectivity index is 1.98. The summed E-state index contributed by atoms with van der Waals surface area (Å²) < 4.78 is 5.24. The van der Waals surface area contributed by atoms with Crippen LogP contribution in [0.1, 0.15) is 37.8 Å². The lowest BCUT2D eigenvalue weighted by Gasteiger charge is -2.23. The Morgan fingerprint density at radius 1 is 1.25 bits per heavy atom. The van der Waals surface area contributed by atoms with Crippen molar-refractivity contribution in [3.8, 4) is 0 Å². The molecule has 3 nitrogen and oxygen atoms in total. The highest BCUT2D eigenvalue weighted by molar-refractivity contribution is 5.27. The van der Waals surface area contributed by atoms with Gasteiger partial charge in [0, 0.05) is 38.8 Å². The third kappa shape index (κ3) is 4.89. The molecule has 0 radical (unpaired) electrons. The molecule has 0 spiro atoms. The van der Waals surface area contributed by atoms with Gasteiger partial charge in [-0.15, -0.1) is 0 Å². The predicted molar refractivity (Wildman–Crippen MR) is 83.7 cm³/mol. The highest BCUT2D eigenvalue weighted by Crippen LogP contribution is 2.28. The fourth-order valence-electron chi connectivity index (χ4n) is 2.46. The molecule has 0 unspecified atom stereocenters. The van der Waals surface area contributed by atoms with E-state index in [1.165, 1.54) is 24.0 Å². The summed E-state index contributed by atoms with van der Waals surface area (Å²) in [7, 11) is 1.78. The molecule has 1 aromatic carbocycles. The van der Waals surface area contributed by atoms with Gasteiger partial charge in [0.15, 0.2) is 0 Å². The summed E-state index contributed by atoms with van der Waals surface area (Å²) in [6.07, 6.45) is 2.69. The Bertz CT molecular complexity index is 402. The van der Waals surface area contributed by atoms with Gasteiger partial charge >= 0.3 is 0 Å². The number of rotatable bonds is 9. The van der Waals surface area contributed by atoms with Crippen molar-refractivity contribution in [3.63, 3.8) is 0 Å². The van der Waals surface area contributed by atoms with Gasteiger partial charge in [0.1, 0.15) is 0 Å². The molecule has 1 fully saturated rings. The van der Waals surface area contributed by atoms with E-state index < -0.39 is 0 Å². The average molecular weight is 276 g/mol. The van der Waals surface area contributed by atoms with Crippen molar-refractivity contribution in [2.24, 2.45) is 0 Å². The first kappa shape index (κ1) is 15.5. The number of hydrogen-bond donors (Lipinski definition) is 1. The highest BCUT2D eigenvalue weighted by atomic mass is 16.5. The van der Waals surface area contributed by atoms with Crippen LogP contribution in [0.4, 0.5) is 0 Å².